The fourth-order valence-electron chi connectivity index (χ4n) is 2.12. The first-order valence-electron chi connectivity index (χ1n) is 5.75. The third-order valence-electron chi connectivity index (χ3n) is 2.97. The van der Waals surface area contributed by atoms with Gasteiger partial charge in [-0.25, -0.2) is 4.79 Å². The number of rotatable bonds is 1. The second-order valence-corrected chi connectivity index (χ2v) is 5.50. The molecule has 0 aromatic heterocycles. The zero-order valence-corrected chi connectivity index (χ0v) is 10.1. The molecule has 0 saturated carbocycles. The maximum absolute atomic E-state index is 11.6. The molecule has 0 aromatic carbocycles. The van der Waals surface area contributed by atoms with Crippen molar-refractivity contribution >= 4 is 6.09 Å². The summed E-state index contributed by atoms with van der Waals surface area (Å²) in [6.07, 6.45) is 0.510. The molecule has 2 fully saturated rings. The highest BCUT2D eigenvalue weighted by Crippen LogP contribution is 2.29. The molecule has 5 heteroatoms. The van der Waals surface area contributed by atoms with E-state index >= 15 is 0 Å². The molecule has 0 radical (unpaired) electrons. The first-order valence-corrected chi connectivity index (χ1v) is 5.75. The van der Waals surface area contributed by atoms with E-state index in [4.69, 9.17) is 9.47 Å². The van der Waals surface area contributed by atoms with E-state index in [1.54, 1.807) is 0 Å². The van der Waals surface area contributed by atoms with Crippen LogP contribution in [0, 0.1) is 0 Å². The van der Waals surface area contributed by atoms with Gasteiger partial charge in [0, 0.05) is 19.7 Å². The van der Waals surface area contributed by atoms with Crippen molar-refractivity contribution in [2.45, 2.75) is 44.4 Å². The fraction of sp³-hybridized carbons (Fsp3) is 0.909. The highest BCUT2D eigenvalue weighted by atomic mass is 16.6. The van der Waals surface area contributed by atoms with Crippen molar-refractivity contribution in [3.05, 3.63) is 0 Å². The number of hydrogen-bond donors (Lipinski definition) is 2. The van der Waals surface area contributed by atoms with Crippen LogP contribution in [0.3, 0.4) is 0 Å². The molecule has 2 heterocycles. The van der Waals surface area contributed by atoms with Gasteiger partial charge in [0.1, 0.15) is 11.2 Å². The maximum atomic E-state index is 11.6. The van der Waals surface area contributed by atoms with Crippen molar-refractivity contribution < 1.29 is 14.3 Å². The minimum absolute atomic E-state index is 0.0728. The lowest BCUT2D eigenvalue weighted by Gasteiger charge is -2.42. The van der Waals surface area contributed by atoms with Crippen LogP contribution in [0.5, 0.6) is 0 Å². The highest BCUT2D eigenvalue weighted by molar-refractivity contribution is 5.68. The van der Waals surface area contributed by atoms with Crippen LogP contribution >= 0.6 is 0 Å². The first-order chi connectivity index (χ1) is 7.41. The Morgan fingerprint density at radius 3 is 2.69 bits per heavy atom. The average molecular weight is 228 g/mol. The van der Waals surface area contributed by atoms with Gasteiger partial charge < -0.3 is 20.1 Å². The molecule has 1 amide bonds. The molecular formula is C11H20N2O3. The number of alkyl carbamates (subject to hydrolysis) is 1. The van der Waals surface area contributed by atoms with Gasteiger partial charge in [-0.2, -0.15) is 0 Å². The van der Waals surface area contributed by atoms with Crippen molar-refractivity contribution in [1.82, 2.24) is 10.6 Å². The summed E-state index contributed by atoms with van der Waals surface area (Å²) >= 11 is 0. The van der Waals surface area contributed by atoms with Crippen LogP contribution in [0.25, 0.3) is 0 Å². The Labute approximate surface area is 95.9 Å². The second kappa shape index (κ2) is 3.89. The number of hydrogen-bond acceptors (Lipinski definition) is 4. The van der Waals surface area contributed by atoms with E-state index < -0.39 is 5.60 Å². The average Bonchev–Trinajstić information content (AvgIpc) is 2.42. The number of carbonyl (C=O) groups is 1. The summed E-state index contributed by atoms with van der Waals surface area (Å²) in [7, 11) is 0. The molecule has 16 heavy (non-hydrogen) atoms. The minimum Gasteiger partial charge on any atom is -0.444 e. The number of amides is 1. The summed E-state index contributed by atoms with van der Waals surface area (Å²) in [5.74, 6) is 0. The minimum atomic E-state index is -0.450. The Hall–Kier alpha value is -0.810. The smallest absolute Gasteiger partial charge is 0.407 e. The van der Waals surface area contributed by atoms with Gasteiger partial charge in [0.15, 0.2) is 0 Å². The van der Waals surface area contributed by atoms with Crippen molar-refractivity contribution in [2.24, 2.45) is 0 Å². The topological polar surface area (TPSA) is 59.6 Å². The predicted octanol–water partition coefficient (Wildman–Crippen LogP) is 0.642. The Kier molecular flexibility index (Phi) is 2.84. The predicted molar refractivity (Wildman–Crippen MR) is 59.3 cm³/mol. The molecule has 1 atom stereocenters. The Balaban J connectivity index is 1.87. The molecule has 2 aliphatic heterocycles. The van der Waals surface area contributed by atoms with Crippen LogP contribution in [-0.2, 0) is 9.47 Å². The molecular weight excluding hydrogens is 208 g/mol. The van der Waals surface area contributed by atoms with Gasteiger partial charge in [-0.05, 0) is 27.2 Å². The monoisotopic (exact) mass is 228 g/mol. The number of nitrogens with one attached hydrogen (secondary N) is 2. The van der Waals surface area contributed by atoms with E-state index in [-0.39, 0.29) is 17.7 Å². The summed E-state index contributed by atoms with van der Waals surface area (Å²) in [5, 5.41) is 6.08. The quantitative estimate of drug-likeness (QED) is 0.691. The van der Waals surface area contributed by atoms with E-state index in [0.717, 1.165) is 19.5 Å². The molecule has 0 bridgehead atoms. The Morgan fingerprint density at radius 2 is 2.19 bits per heavy atom. The fourth-order valence-corrected chi connectivity index (χ4v) is 2.12. The van der Waals surface area contributed by atoms with E-state index in [9.17, 15) is 4.79 Å². The van der Waals surface area contributed by atoms with Crippen LogP contribution in [-0.4, -0.2) is 43.0 Å². The van der Waals surface area contributed by atoms with Crippen molar-refractivity contribution in [1.29, 1.82) is 0 Å². The lowest BCUT2D eigenvalue weighted by molar-refractivity contribution is -0.0513. The normalized spacial score (nSPS) is 27.6. The van der Waals surface area contributed by atoms with Crippen LogP contribution in [0.1, 0.15) is 27.2 Å². The summed E-state index contributed by atoms with van der Waals surface area (Å²) < 4.78 is 10.9. The molecule has 92 valence electrons. The van der Waals surface area contributed by atoms with E-state index in [1.165, 1.54) is 0 Å². The number of carbonyl (C=O) groups excluding carboxylic acids is 1. The SMILES string of the molecule is CC(C)(C)OC(=O)NC1CCOC12CNC2. The highest BCUT2D eigenvalue weighted by Gasteiger charge is 2.50. The standard InChI is InChI=1S/C11H20N2O3/c1-10(2,3)16-9(14)13-8-4-5-15-11(8)6-12-7-11/h8,12H,4-7H2,1-3H3,(H,13,14). The van der Waals surface area contributed by atoms with Gasteiger partial charge in [-0.3, -0.25) is 0 Å². The van der Waals surface area contributed by atoms with Crippen LogP contribution in [0.2, 0.25) is 0 Å². The molecule has 1 spiro atoms. The van der Waals surface area contributed by atoms with E-state index in [1.807, 2.05) is 20.8 Å². The molecule has 1 unspecified atom stereocenters. The van der Waals surface area contributed by atoms with E-state index in [0.29, 0.717) is 6.61 Å². The lowest BCUT2D eigenvalue weighted by Crippen LogP contribution is -2.68. The van der Waals surface area contributed by atoms with Crippen molar-refractivity contribution in [3.63, 3.8) is 0 Å². The third kappa shape index (κ3) is 2.30. The zero-order chi connectivity index (χ0) is 11.8. The first kappa shape index (κ1) is 11.7. The Morgan fingerprint density at radius 1 is 1.50 bits per heavy atom. The zero-order valence-electron chi connectivity index (χ0n) is 10.1. The van der Waals surface area contributed by atoms with E-state index in [2.05, 4.69) is 10.6 Å². The summed E-state index contributed by atoms with van der Waals surface area (Å²) in [6, 6.07) is 0.0728. The number of ether oxygens (including phenoxy) is 2. The summed E-state index contributed by atoms with van der Waals surface area (Å²) in [4.78, 5) is 11.6. The Bertz CT molecular complexity index is 281. The van der Waals surface area contributed by atoms with Gasteiger partial charge in [-0.15, -0.1) is 0 Å². The van der Waals surface area contributed by atoms with Gasteiger partial charge in [0.05, 0.1) is 6.04 Å². The maximum Gasteiger partial charge on any atom is 0.407 e. The summed E-state index contributed by atoms with van der Waals surface area (Å²) in [6.45, 7) is 7.91. The van der Waals surface area contributed by atoms with Gasteiger partial charge in [0.2, 0.25) is 0 Å². The molecule has 0 aromatic rings. The molecule has 0 aliphatic carbocycles. The van der Waals surface area contributed by atoms with Gasteiger partial charge in [-0.1, -0.05) is 0 Å². The largest absolute Gasteiger partial charge is 0.444 e. The molecule has 2 N–H and O–H groups in total. The third-order valence-corrected chi connectivity index (χ3v) is 2.97. The second-order valence-electron chi connectivity index (χ2n) is 5.50. The van der Waals surface area contributed by atoms with Crippen molar-refractivity contribution in [2.75, 3.05) is 19.7 Å². The van der Waals surface area contributed by atoms with Crippen LogP contribution in [0.4, 0.5) is 4.79 Å². The molecule has 2 saturated heterocycles. The molecule has 2 rings (SSSR count). The van der Waals surface area contributed by atoms with Gasteiger partial charge in [0.25, 0.3) is 0 Å². The van der Waals surface area contributed by atoms with Crippen LogP contribution in [0.15, 0.2) is 0 Å². The lowest BCUT2D eigenvalue weighted by atomic mass is 9.88. The van der Waals surface area contributed by atoms with Crippen LogP contribution < -0.4 is 10.6 Å². The molecule has 5 nitrogen and oxygen atoms in total. The molecule has 2 aliphatic rings. The summed E-state index contributed by atoms with van der Waals surface area (Å²) in [5.41, 5.74) is -0.633. The van der Waals surface area contributed by atoms with Crippen molar-refractivity contribution in [3.8, 4) is 0 Å². The van der Waals surface area contributed by atoms with Gasteiger partial charge >= 0.3 is 6.09 Å².